The first-order valence-electron chi connectivity index (χ1n) is 7.91. The molecule has 0 aliphatic rings. The summed E-state index contributed by atoms with van der Waals surface area (Å²) in [6.07, 6.45) is 0. The highest BCUT2D eigenvalue weighted by atomic mass is 32.2. The van der Waals surface area contributed by atoms with Gasteiger partial charge in [0, 0.05) is 5.56 Å². The average Bonchev–Trinajstić information content (AvgIpc) is 2.68. The number of ketones is 1. The zero-order valence-electron chi connectivity index (χ0n) is 13.7. The molecule has 0 radical (unpaired) electrons. The van der Waals surface area contributed by atoms with E-state index in [4.69, 9.17) is 0 Å². The maximum absolute atomic E-state index is 14.8. The Morgan fingerprint density at radius 1 is 0.846 bits per heavy atom. The van der Waals surface area contributed by atoms with Gasteiger partial charge in [-0.1, -0.05) is 60.7 Å². The first-order valence-corrected chi connectivity index (χ1v) is 9.39. The molecule has 0 aliphatic carbocycles. The third-order valence-corrected chi connectivity index (χ3v) is 5.28. The monoisotopic (exact) mass is 369 g/mol. The van der Waals surface area contributed by atoms with E-state index in [2.05, 4.69) is 4.72 Å². The van der Waals surface area contributed by atoms with Crippen molar-refractivity contribution in [3.8, 4) is 11.1 Å². The van der Waals surface area contributed by atoms with Gasteiger partial charge in [-0.3, -0.25) is 4.79 Å². The highest BCUT2D eigenvalue weighted by Gasteiger charge is 2.19. The van der Waals surface area contributed by atoms with Crippen LogP contribution in [-0.4, -0.2) is 20.7 Å². The van der Waals surface area contributed by atoms with Crippen molar-refractivity contribution in [2.24, 2.45) is 0 Å². The van der Waals surface area contributed by atoms with Gasteiger partial charge < -0.3 is 0 Å². The Labute approximate surface area is 151 Å². The lowest BCUT2D eigenvalue weighted by Crippen LogP contribution is -2.30. The largest absolute Gasteiger partial charge is 0.293 e. The smallest absolute Gasteiger partial charge is 0.240 e. The second kappa shape index (κ2) is 7.59. The minimum absolute atomic E-state index is 0.0475. The molecule has 0 aromatic heterocycles. The third-order valence-electron chi connectivity index (χ3n) is 3.86. The van der Waals surface area contributed by atoms with Crippen molar-refractivity contribution in [3.05, 3.63) is 90.2 Å². The van der Waals surface area contributed by atoms with Crippen LogP contribution in [-0.2, 0) is 10.0 Å². The van der Waals surface area contributed by atoms with Crippen molar-refractivity contribution in [1.82, 2.24) is 4.72 Å². The minimum Gasteiger partial charge on any atom is -0.293 e. The van der Waals surface area contributed by atoms with Gasteiger partial charge in [-0.25, -0.2) is 17.5 Å². The molecule has 132 valence electrons. The molecule has 0 amide bonds. The van der Waals surface area contributed by atoms with Crippen LogP contribution in [0, 0.1) is 5.82 Å². The number of halogens is 1. The molecular formula is C20H16FNO3S. The Morgan fingerprint density at radius 2 is 1.46 bits per heavy atom. The van der Waals surface area contributed by atoms with Gasteiger partial charge in [0.05, 0.1) is 17.0 Å². The third kappa shape index (κ3) is 3.87. The van der Waals surface area contributed by atoms with Crippen molar-refractivity contribution >= 4 is 15.8 Å². The lowest BCUT2D eigenvalue weighted by Gasteiger charge is -2.09. The molecular weight excluding hydrogens is 353 g/mol. The normalized spacial score (nSPS) is 11.3. The molecule has 1 N–H and O–H groups in total. The molecule has 0 saturated heterocycles. The predicted molar refractivity (Wildman–Crippen MR) is 97.8 cm³/mol. The molecule has 0 aliphatic heterocycles. The molecule has 3 aromatic rings. The molecule has 4 nitrogen and oxygen atoms in total. The molecule has 26 heavy (non-hydrogen) atoms. The maximum atomic E-state index is 14.8. The summed E-state index contributed by atoms with van der Waals surface area (Å²) >= 11 is 0. The standard InChI is InChI=1S/C20H16FNO3S/c21-20-17(15-8-3-1-4-9-15)12-7-13-18(20)19(23)14-22-26(24,25)16-10-5-2-6-11-16/h1-13,22H,14H2. The van der Waals surface area contributed by atoms with Crippen LogP contribution in [0.4, 0.5) is 4.39 Å². The fraction of sp³-hybridized carbons (Fsp3) is 0.0500. The van der Waals surface area contributed by atoms with Crippen LogP contribution in [0.25, 0.3) is 11.1 Å². The van der Waals surface area contributed by atoms with Gasteiger partial charge in [0.15, 0.2) is 5.78 Å². The number of hydrogen-bond donors (Lipinski definition) is 1. The van der Waals surface area contributed by atoms with Crippen LogP contribution < -0.4 is 4.72 Å². The van der Waals surface area contributed by atoms with Crippen molar-refractivity contribution in [2.75, 3.05) is 6.54 Å². The minimum atomic E-state index is -3.83. The molecule has 0 heterocycles. The highest BCUT2D eigenvalue weighted by Crippen LogP contribution is 2.25. The fourth-order valence-electron chi connectivity index (χ4n) is 2.53. The van der Waals surface area contributed by atoms with E-state index in [1.807, 2.05) is 6.07 Å². The Balaban J connectivity index is 1.81. The summed E-state index contributed by atoms with van der Waals surface area (Å²) in [6, 6.07) is 21.0. The number of benzene rings is 3. The number of nitrogens with one attached hydrogen (secondary N) is 1. The molecule has 0 saturated carbocycles. The van der Waals surface area contributed by atoms with E-state index in [1.165, 1.54) is 18.2 Å². The molecule has 0 atom stereocenters. The number of carbonyl (C=O) groups excluding carboxylic acids is 1. The van der Waals surface area contributed by atoms with Gasteiger partial charge in [-0.15, -0.1) is 0 Å². The van der Waals surface area contributed by atoms with Gasteiger partial charge in [-0.05, 0) is 23.8 Å². The number of hydrogen-bond acceptors (Lipinski definition) is 3. The van der Waals surface area contributed by atoms with Crippen LogP contribution in [0.5, 0.6) is 0 Å². The number of Topliss-reactive ketones (excluding diaryl/α,β-unsaturated/α-hetero) is 1. The van der Waals surface area contributed by atoms with E-state index in [9.17, 15) is 17.6 Å². The van der Waals surface area contributed by atoms with Crippen molar-refractivity contribution in [3.63, 3.8) is 0 Å². The maximum Gasteiger partial charge on any atom is 0.240 e. The van der Waals surface area contributed by atoms with Gasteiger partial charge in [0.25, 0.3) is 0 Å². The average molecular weight is 369 g/mol. The Hall–Kier alpha value is -2.83. The highest BCUT2D eigenvalue weighted by molar-refractivity contribution is 7.89. The van der Waals surface area contributed by atoms with E-state index in [0.29, 0.717) is 11.1 Å². The van der Waals surface area contributed by atoms with Crippen LogP contribution in [0.3, 0.4) is 0 Å². The predicted octanol–water partition coefficient (Wildman–Crippen LogP) is 3.65. The van der Waals surface area contributed by atoms with Crippen LogP contribution in [0.15, 0.2) is 83.8 Å². The Morgan fingerprint density at radius 3 is 2.12 bits per heavy atom. The van der Waals surface area contributed by atoms with Crippen molar-refractivity contribution in [1.29, 1.82) is 0 Å². The summed E-state index contributed by atoms with van der Waals surface area (Å²) < 4.78 is 41.3. The van der Waals surface area contributed by atoms with E-state index in [1.54, 1.807) is 54.6 Å². The van der Waals surface area contributed by atoms with Gasteiger partial charge in [-0.2, -0.15) is 0 Å². The SMILES string of the molecule is O=C(CNS(=O)(=O)c1ccccc1)c1cccc(-c2ccccc2)c1F. The van der Waals surface area contributed by atoms with E-state index in [-0.39, 0.29) is 10.5 Å². The summed E-state index contributed by atoms with van der Waals surface area (Å²) in [6.45, 7) is -0.521. The van der Waals surface area contributed by atoms with E-state index >= 15 is 0 Å². The lowest BCUT2D eigenvalue weighted by molar-refractivity contribution is 0.0993. The fourth-order valence-corrected chi connectivity index (χ4v) is 3.53. The molecule has 0 fully saturated rings. The van der Waals surface area contributed by atoms with E-state index < -0.39 is 28.2 Å². The zero-order chi connectivity index (χ0) is 18.6. The summed E-state index contributed by atoms with van der Waals surface area (Å²) in [5.41, 5.74) is 0.786. The van der Waals surface area contributed by atoms with Crippen molar-refractivity contribution < 1.29 is 17.6 Å². The Bertz CT molecular complexity index is 1020. The number of sulfonamides is 1. The topological polar surface area (TPSA) is 63.2 Å². The van der Waals surface area contributed by atoms with Crippen LogP contribution in [0.1, 0.15) is 10.4 Å². The summed E-state index contributed by atoms with van der Waals surface area (Å²) in [7, 11) is -3.83. The number of carbonyl (C=O) groups is 1. The number of rotatable bonds is 6. The summed E-state index contributed by atoms with van der Waals surface area (Å²) in [5.74, 6) is -1.30. The second-order valence-corrected chi connectivity index (χ2v) is 7.36. The van der Waals surface area contributed by atoms with E-state index in [0.717, 1.165) is 0 Å². The van der Waals surface area contributed by atoms with Crippen molar-refractivity contribution in [2.45, 2.75) is 4.90 Å². The van der Waals surface area contributed by atoms with Crippen LogP contribution >= 0.6 is 0 Å². The molecule has 0 unspecified atom stereocenters. The first-order chi connectivity index (χ1) is 12.5. The summed E-state index contributed by atoms with van der Waals surface area (Å²) in [4.78, 5) is 12.4. The summed E-state index contributed by atoms with van der Waals surface area (Å²) in [5, 5.41) is 0. The quantitative estimate of drug-likeness (QED) is 0.675. The molecule has 0 bridgehead atoms. The second-order valence-electron chi connectivity index (χ2n) is 5.59. The lowest BCUT2D eigenvalue weighted by atomic mass is 10.0. The van der Waals surface area contributed by atoms with Gasteiger partial charge in [0.2, 0.25) is 10.0 Å². The van der Waals surface area contributed by atoms with Gasteiger partial charge >= 0.3 is 0 Å². The molecule has 0 spiro atoms. The molecule has 3 rings (SSSR count). The van der Waals surface area contributed by atoms with Gasteiger partial charge in [0.1, 0.15) is 5.82 Å². The zero-order valence-corrected chi connectivity index (χ0v) is 14.5. The molecule has 3 aromatic carbocycles. The first kappa shape index (κ1) is 18.0. The molecule has 6 heteroatoms. The Kier molecular flexibility index (Phi) is 5.25. The van der Waals surface area contributed by atoms with Crippen LogP contribution in [0.2, 0.25) is 0 Å².